The van der Waals surface area contributed by atoms with Crippen LogP contribution >= 0.6 is 0 Å². The van der Waals surface area contributed by atoms with Crippen LogP contribution in [0.25, 0.3) is 0 Å². The summed E-state index contributed by atoms with van der Waals surface area (Å²) in [5.41, 5.74) is -0.350. The maximum atomic E-state index is 12.2. The van der Waals surface area contributed by atoms with Gasteiger partial charge in [0.05, 0.1) is 12.0 Å². The second kappa shape index (κ2) is 8.57. The molecule has 1 atom stereocenters. The van der Waals surface area contributed by atoms with Crippen molar-refractivity contribution in [3.8, 4) is 0 Å². The summed E-state index contributed by atoms with van der Waals surface area (Å²) in [6.45, 7) is 8.89. The van der Waals surface area contributed by atoms with Gasteiger partial charge in [-0.15, -0.1) is 0 Å². The lowest BCUT2D eigenvalue weighted by Crippen LogP contribution is -2.43. The van der Waals surface area contributed by atoms with Gasteiger partial charge in [0.1, 0.15) is 0 Å². The molecule has 3 nitrogen and oxygen atoms in total. The molecule has 19 heavy (non-hydrogen) atoms. The second-order valence-electron chi connectivity index (χ2n) is 6.32. The van der Waals surface area contributed by atoms with Crippen LogP contribution in [0.1, 0.15) is 65.7 Å². The van der Waals surface area contributed by atoms with Crippen LogP contribution in [0.4, 0.5) is 0 Å². The summed E-state index contributed by atoms with van der Waals surface area (Å²) in [4.78, 5) is 12.2. The minimum absolute atomic E-state index is 0.0170. The first-order chi connectivity index (χ1) is 9.09. The number of unbranched alkanes of at least 4 members (excludes halogenated alkanes) is 4. The molecule has 1 saturated heterocycles. The van der Waals surface area contributed by atoms with Gasteiger partial charge in [0.15, 0.2) is 0 Å². The van der Waals surface area contributed by atoms with Gasteiger partial charge in [-0.2, -0.15) is 0 Å². The Bertz CT molecular complexity index is 257. The molecule has 1 unspecified atom stereocenters. The van der Waals surface area contributed by atoms with E-state index in [1.165, 1.54) is 32.1 Å². The van der Waals surface area contributed by atoms with E-state index in [9.17, 15) is 4.79 Å². The molecule has 112 valence electrons. The van der Waals surface area contributed by atoms with Crippen molar-refractivity contribution in [2.24, 2.45) is 11.3 Å². The molecule has 1 rings (SSSR count). The number of hydrogen-bond acceptors (Lipinski definition) is 3. The molecule has 1 aliphatic heterocycles. The van der Waals surface area contributed by atoms with Crippen molar-refractivity contribution in [3.63, 3.8) is 0 Å². The Kier molecular flexibility index (Phi) is 7.44. The molecule has 1 N–H and O–H groups in total. The van der Waals surface area contributed by atoms with E-state index in [1.807, 2.05) is 13.8 Å². The molecule has 0 aromatic carbocycles. The minimum atomic E-state index is -0.350. The average Bonchev–Trinajstić information content (AvgIpc) is 2.43. The van der Waals surface area contributed by atoms with Crippen LogP contribution in [0.3, 0.4) is 0 Å². The molecule has 1 fully saturated rings. The summed E-state index contributed by atoms with van der Waals surface area (Å²) in [5, 5.41) is 3.38. The molecule has 1 aliphatic rings. The van der Waals surface area contributed by atoms with Crippen LogP contribution in [0.15, 0.2) is 0 Å². The normalized spacial score (nSPS) is 20.3. The molecule has 3 heteroatoms. The summed E-state index contributed by atoms with van der Waals surface area (Å²) in [7, 11) is 0. The van der Waals surface area contributed by atoms with Gasteiger partial charge in [-0.3, -0.25) is 4.79 Å². The molecular formula is C16H31NO2. The van der Waals surface area contributed by atoms with Gasteiger partial charge < -0.3 is 10.1 Å². The average molecular weight is 269 g/mol. The van der Waals surface area contributed by atoms with E-state index in [0.717, 1.165) is 25.9 Å². The van der Waals surface area contributed by atoms with Crippen LogP contribution in [-0.2, 0) is 9.53 Å². The monoisotopic (exact) mass is 269 g/mol. The third-order valence-corrected chi connectivity index (χ3v) is 4.32. The molecule has 0 radical (unpaired) electrons. The zero-order valence-corrected chi connectivity index (χ0v) is 13.0. The van der Waals surface area contributed by atoms with Crippen molar-refractivity contribution in [1.82, 2.24) is 5.32 Å². The standard InChI is InChI=1S/C16H31NO2/c1-4-5-6-7-8-12-19-15(18)16(2,3)14-10-9-11-17-13-14/h14,17H,4-13H2,1-3H3. The zero-order chi connectivity index (χ0) is 14.1. The number of carbonyl (C=O) groups excluding carboxylic acids is 1. The van der Waals surface area contributed by atoms with E-state index in [4.69, 9.17) is 4.74 Å². The van der Waals surface area contributed by atoms with Crippen molar-refractivity contribution in [1.29, 1.82) is 0 Å². The minimum Gasteiger partial charge on any atom is -0.465 e. The van der Waals surface area contributed by atoms with E-state index in [-0.39, 0.29) is 11.4 Å². The third kappa shape index (κ3) is 5.52. The molecule has 0 aromatic rings. The van der Waals surface area contributed by atoms with Crippen LogP contribution in [-0.4, -0.2) is 25.7 Å². The Hall–Kier alpha value is -0.570. The highest BCUT2D eigenvalue weighted by Crippen LogP contribution is 2.33. The van der Waals surface area contributed by atoms with Crippen molar-refractivity contribution in [2.45, 2.75) is 65.7 Å². The van der Waals surface area contributed by atoms with E-state index in [0.29, 0.717) is 12.5 Å². The van der Waals surface area contributed by atoms with Crippen molar-refractivity contribution in [3.05, 3.63) is 0 Å². The first-order valence-corrected chi connectivity index (χ1v) is 7.97. The largest absolute Gasteiger partial charge is 0.465 e. The quantitative estimate of drug-likeness (QED) is 0.541. The second-order valence-corrected chi connectivity index (χ2v) is 6.32. The lowest BCUT2D eigenvalue weighted by Gasteiger charge is -2.35. The van der Waals surface area contributed by atoms with E-state index in [2.05, 4.69) is 12.2 Å². The van der Waals surface area contributed by atoms with Gasteiger partial charge >= 0.3 is 5.97 Å². The fraction of sp³-hybridized carbons (Fsp3) is 0.938. The SMILES string of the molecule is CCCCCCCOC(=O)C(C)(C)C1CCCNC1. The number of piperidine rings is 1. The van der Waals surface area contributed by atoms with Crippen LogP contribution in [0, 0.1) is 11.3 Å². The zero-order valence-electron chi connectivity index (χ0n) is 13.0. The molecule has 0 amide bonds. The summed E-state index contributed by atoms with van der Waals surface area (Å²) in [6.07, 6.45) is 8.26. The molecular weight excluding hydrogens is 238 g/mol. The van der Waals surface area contributed by atoms with Gasteiger partial charge in [-0.1, -0.05) is 32.6 Å². The van der Waals surface area contributed by atoms with Gasteiger partial charge in [-0.25, -0.2) is 0 Å². The van der Waals surface area contributed by atoms with Gasteiger partial charge in [-0.05, 0) is 52.1 Å². The smallest absolute Gasteiger partial charge is 0.311 e. The fourth-order valence-electron chi connectivity index (χ4n) is 2.69. The predicted octanol–water partition coefficient (Wildman–Crippen LogP) is 3.53. The number of ether oxygens (including phenoxy) is 1. The number of esters is 1. The topological polar surface area (TPSA) is 38.3 Å². The highest BCUT2D eigenvalue weighted by Gasteiger charge is 2.38. The highest BCUT2D eigenvalue weighted by molar-refractivity contribution is 5.76. The van der Waals surface area contributed by atoms with Crippen molar-refractivity contribution in [2.75, 3.05) is 19.7 Å². The van der Waals surface area contributed by atoms with Crippen LogP contribution < -0.4 is 5.32 Å². The fourth-order valence-corrected chi connectivity index (χ4v) is 2.69. The van der Waals surface area contributed by atoms with Crippen LogP contribution in [0.2, 0.25) is 0 Å². The summed E-state index contributed by atoms with van der Waals surface area (Å²) >= 11 is 0. The first-order valence-electron chi connectivity index (χ1n) is 7.97. The number of carbonyl (C=O) groups is 1. The maximum Gasteiger partial charge on any atom is 0.311 e. The number of nitrogens with one attached hydrogen (secondary N) is 1. The lowest BCUT2D eigenvalue weighted by atomic mass is 9.75. The number of rotatable bonds is 8. The number of hydrogen-bond donors (Lipinski definition) is 1. The third-order valence-electron chi connectivity index (χ3n) is 4.32. The van der Waals surface area contributed by atoms with Gasteiger partial charge in [0, 0.05) is 0 Å². The molecule has 0 aliphatic carbocycles. The molecule has 1 heterocycles. The molecule has 0 aromatic heterocycles. The van der Waals surface area contributed by atoms with Gasteiger partial charge in [0.25, 0.3) is 0 Å². The Morgan fingerprint density at radius 2 is 2.00 bits per heavy atom. The van der Waals surface area contributed by atoms with E-state index in [1.54, 1.807) is 0 Å². The molecule has 0 saturated carbocycles. The van der Waals surface area contributed by atoms with E-state index < -0.39 is 0 Å². The maximum absolute atomic E-state index is 12.2. The molecule has 0 bridgehead atoms. The summed E-state index contributed by atoms with van der Waals surface area (Å²) in [6, 6.07) is 0. The van der Waals surface area contributed by atoms with Crippen molar-refractivity contribution >= 4 is 5.97 Å². The van der Waals surface area contributed by atoms with Gasteiger partial charge in [0.2, 0.25) is 0 Å². The lowest BCUT2D eigenvalue weighted by molar-refractivity contribution is -0.157. The Morgan fingerprint density at radius 1 is 1.26 bits per heavy atom. The predicted molar refractivity (Wildman–Crippen MR) is 79.1 cm³/mol. The van der Waals surface area contributed by atoms with E-state index >= 15 is 0 Å². The summed E-state index contributed by atoms with van der Waals surface area (Å²) in [5.74, 6) is 0.394. The molecule has 0 spiro atoms. The first kappa shape index (κ1) is 16.5. The Balaban J connectivity index is 2.22. The Morgan fingerprint density at radius 3 is 2.63 bits per heavy atom. The van der Waals surface area contributed by atoms with Crippen molar-refractivity contribution < 1.29 is 9.53 Å². The Labute approximate surface area is 118 Å². The summed E-state index contributed by atoms with van der Waals surface area (Å²) < 4.78 is 5.47. The van der Waals surface area contributed by atoms with Crippen LogP contribution in [0.5, 0.6) is 0 Å². The highest BCUT2D eigenvalue weighted by atomic mass is 16.5.